The molecule has 0 spiro atoms. The summed E-state index contributed by atoms with van der Waals surface area (Å²) in [5.41, 5.74) is 2.85. The van der Waals surface area contributed by atoms with Gasteiger partial charge in [0.15, 0.2) is 15.4 Å². The first-order valence-electron chi connectivity index (χ1n) is 56.6. The molecule has 7 unspecified atom stereocenters. The summed E-state index contributed by atoms with van der Waals surface area (Å²) in [6.45, 7) is 71.0. The van der Waals surface area contributed by atoms with Crippen LogP contribution >= 0.6 is 34.0 Å². The summed E-state index contributed by atoms with van der Waals surface area (Å²) in [5.74, 6) is -2.08. The fraction of sp³-hybridized carbons (Fsp3) is 0.680. The lowest BCUT2D eigenvalue weighted by Gasteiger charge is -2.38. The van der Waals surface area contributed by atoms with Gasteiger partial charge in [0.2, 0.25) is 11.8 Å². The lowest BCUT2D eigenvalue weighted by molar-refractivity contribution is -0.171. The number of carbonyl (C=O) groups excluding carboxylic acids is 9. The normalized spacial score (nSPS) is 16.3. The molecule has 6 heterocycles. The van der Waals surface area contributed by atoms with Crippen LogP contribution in [0.5, 0.6) is 0 Å². The monoisotopic (exact) mass is 2110 g/mol. The topological polar surface area (TPSA) is 293 Å². The summed E-state index contributed by atoms with van der Waals surface area (Å²) in [7, 11) is 4.23. The maximum absolute atomic E-state index is 14.7. The van der Waals surface area contributed by atoms with Crippen LogP contribution in [0.4, 0.5) is 15.4 Å². The second-order valence-corrected chi connectivity index (χ2v) is 50.0. The van der Waals surface area contributed by atoms with Crippen molar-refractivity contribution in [3.05, 3.63) is 118 Å². The van der Waals surface area contributed by atoms with Crippen molar-refractivity contribution >= 4 is 121 Å². The number of nitriles is 3. The van der Waals surface area contributed by atoms with E-state index in [1.807, 2.05) is 32.1 Å². The molecular weight excluding hydrogens is 1920 g/mol. The molecule has 3 aliphatic rings. The predicted octanol–water partition coefficient (Wildman–Crippen LogP) is 29.7. The largest absolute Gasteiger partial charge is 0.348 e. The van der Waals surface area contributed by atoms with Gasteiger partial charge >= 0.3 is 0 Å². The Morgan fingerprint density at radius 3 is 0.859 bits per heavy atom. The molecule has 1 aromatic carbocycles. The Labute approximate surface area is 911 Å². The fourth-order valence-corrected chi connectivity index (χ4v) is 22.8. The lowest BCUT2D eigenvalue weighted by Crippen LogP contribution is -2.56. The Balaban J connectivity index is 0.000000394. The summed E-state index contributed by atoms with van der Waals surface area (Å²) >= 11 is 4.77. The number of rotatable bonds is 54. The molecule has 24 nitrogen and oxygen atoms in total. The molecule has 0 aliphatic carbocycles. The number of nitrogens with zero attached hydrogens (tertiary/aromatic N) is 15. The van der Waals surface area contributed by atoms with E-state index in [9.17, 15) is 58.9 Å². The zero-order chi connectivity index (χ0) is 112. The van der Waals surface area contributed by atoms with Gasteiger partial charge in [-0.3, -0.25) is 43.2 Å². The molecule has 0 bridgehead atoms. The molecule has 0 saturated heterocycles. The molecular formula is C122H191N15O9S3. The highest BCUT2D eigenvalue weighted by Crippen LogP contribution is 2.47. The molecule has 826 valence electrons. The highest BCUT2D eigenvalue weighted by Gasteiger charge is 2.48. The minimum atomic E-state index is -0.854. The van der Waals surface area contributed by atoms with Crippen molar-refractivity contribution in [2.45, 2.75) is 430 Å². The van der Waals surface area contributed by atoms with Crippen molar-refractivity contribution in [3.8, 4) is 18.2 Å². The van der Waals surface area contributed by atoms with Crippen LogP contribution in [0.2, 0.25) is 0 Å². The van der Waals surface area contributed by atoms with Crippen LogP contribution in [-0.2, 0) is 54.6 Å². The SMILES string of the molecule is CCCCC(CC)CN(CC(CC)CCCC)c1nc(C(C)(C)C)c(/C=C2\C(=O)N(N(C)C(=O)C(C)(C)C)C(=O)C(C#N)=C2CC(C)C(C)(C)C)s1.CCCCC1=C(C#N)C(=O)N(N(C)C(=O)c2ccccc2)C(=O)/C1=C\c1sc(N(CC(CC)CCCC)CC(CC)CCCC)nc1C(C)(C)C.CCCCC1=C(C#N)C(=O)N(N(C)C(C)=O)C(=O)/C1=C\c1sc(N(CC(CC)CCCC)CC(CC)CCCC)nc1C(C)(C)C. The number of amides is 9. The number of carbonyl (C=O) groups is 9. The van der Waals surface area contributed by atoms with Gasteiger partial charge in [-0.25, -0.2) is 30.0 Å². The average molecular weight is 2110 g/mol. The van der Waals surface area contributed by atoms with Crippen LogP contribution in [0.15, 0.2) is 80.5 Å². The Kier molecular flexibility index (Phi) is 53.3. The number of thiazole rings is 3. The zero-order valence-electron chi connectivity index (χ0n) is 98.4. The van der Waals surface area contributed by atoms with Gasteiger partial charge in [0.1, 0.15) is 34.9 Å². The molecule has 7 atom stereocenters. The molecule has 0 N–H and O–H groups in total. The number of benzene rings is 1. The van der Waals surface area contributed by atoms with Crippen LogP contribution < -0.4 is 14.7 Å². The molecule has 3 aromatic heterocycles. The van der Waals surface area contributed by atoms with Crippen LogP contribution in [0, 0.1) is 86.2 Å². The van der Waals surface area contributed by atoms with Gasteiger partial charge in [-0.1, -0.05) is 388 Å². The first kappa shape index (κ1) is 130. The average Bonchev–Trinajstić information content (AvgIpc) is 1.20. The van der Waals surface area contributed by atoms with E-state index in [0.29, 0.717) is 83.5 Å². The van der Waals surface area contributed by atoms with E-state index in [-0.39, 0.29) is 61.0 Å². The van der Waals surface area contributed by atoms with E-state index < -0.39 is 58.6 Å². The summed E-state index contributed by atoms with van der Waals surface area (Å²) < 4.78 is 0. The fourth-order valence-electron chi connectivity index (χ4n) is 19.1. The summed E-state index contributed by atoms with van der Waals surface area (Å²) in [6, 6.07) is 14.9. The van der Waals surface area contributed by atoms with E-state index >= 15 is 0 Å². The van der Waals surface area contributed by atoms with E-state index in [1.54, 1.807) is 85.1 Å². The molecule has 0 saturated carbocycles. The molecule has 4 aromatic rings. The van der Waals surface area contributed by atoms with Gasteiger partial charge in [0.05, 0.1) is 31.7 Å². The number of hydrazine groups is 3. The van der Waals surface area contributed by atoms with E-state index in [4.69, 9.17) is 15.0 Å². The minimum Gasteiger partial charge on any atom is -0.348 e. The number of hydrogen-bond donors (Lipinski definition) is 0. The third kappa shape index (κ3) is 36.2. The quantitative estimate of drug-likeness (QED) is 0.0293. The van der Waals surface area contributed by atoms with Gasteiger partial charge in [0.25, 0.3) is 41.4 Å². The van der Waals surface area contributed by atoms with Crippen molar-refractivity contribution in [2.75, 3.05) is 75.1 Å². The van der Waals surface area contributed by atoms with Crippen molar-refractivity contribution in [3.63, 3.8) is 0 Å². The predicted molar refractivity (Wildman–Crippen MR) is 618 cm³/mol. The van der Waals surface area contributed by atoms with Crippen molar-refractivity contribution in [2.24, 2.45) is 52.3 Å². The number of imide groups is 3. The minimum absolute atomic E-state index is 0.0492. The second kappa shape index (κ2) is 61.2. The summed E-state index contributed by atoms with van der Waals surface area (Å²) in [4.78, 5) is 150. The third-order valence-corrected chi connectivity index (χ3v) is 32.9. The summed E-state index contributed by atoms with van der Waals surface area (Å²) in [6.07, 6.45) is 37.9. The standard InChI is InChI=1S/C43H71N5O3S.C42H61N5O3S.C37H59N5O3S/c1-16-20-22-30(18-3)27-47(28-31(19-4)23-21-17-2)40-45-36(42(9,10)11)35(52-40)25-33-32(24-29(5)41(6,7)8)34(26-44)38(50)48(37(33)49)46(15)39(51)43(12,13)14;1-10-15-21-30(13-4)28-46(29-31(14-5)22-16-11-2)41-44-37(42(6,7)8)36(51-41)26-34-33(25-17-12-3)35(27-43)40(50)47(39(34)49)45(9)38(48)32-23-19-18-20-24-32;1-11-16-19-27(14-4)24-41(25-28(15-5)20-17-12-2)36-39-33(37(7,8)9)32(46-36)22-30-29(21-18-13-3)31(23-38)35(45)42(34(30)44)40(10)26(6)43/h25,29-31H,16-24,27-28H2,1-15H3;18-20,23-24,26,30-31H,10-17,21-22,25,28-29H2,1-9H3;22,27-28H,11-21,24-25H2,1-10H3/b33-25-;34-26-;30-22-. The van der Waals surface area contributed by atoms with Crippen molar-refractivity contribution in [1.82, 2.24) is 45.0 Å². The Morgan fingerprint density at radius 2 is 0.624 bits per heavy atom. The van der Waals surface area contributed by atoms with Crippen LogP contribution in [0.3, 0.4) is 0 Å². The van der Waals surface area contributed by atoms with E-state index in [0.717, 1.165) is 174 Å². The van der Waals surface area contributed by atoms with E-state index in [2.05, 4.69) is 206 Å². The lowest BCUT2D eigenvalue weighted by atomic mass is 9.75. The number of unbranched alkanes of at least 4 members (excludes halogenated alkanes) is 8. The highest BCUT2D eigenvalue weighted by molar-refractivity contribution is 7.17. The Hall–Kier alpha value is -9.75. The maximum atomic E-state index is 14.7. The number of hydrogen-bond acceptors (Lipinski definition) is 21. The van der Waals surface area contributed by atoms with Crippen LogP contribution in [0.25, 0.3) is 18.2 Å². The van der Waals surface area contributed by atoms with Gasteiger partial charge in [0, 0.05) is 111 Å². The van der Waals surface area contributed by atoms with Gasteiger partial charge in [-0.2, -0.15) is 30.8 Å². The van der Waals surface area contributed by atoms with Crippen LogP contribution in [0.1, 0.15) is 456 Å². The highest BCUT2D eigenvalue weighted by atomic mass is 32.1. The molecule has 3 aliphatic heterocycles. The maximum Gasteiger partial charge on any atom is 0.290 e. The van der Waals surface area contributed by atoms with E-state index in [1.165, 1.54) is 144 Å². The Bertz CT molecular complexity index is 5360. The first-order valence-corrected chi connectivity index (χ1v) is 59.0. The first-order chi connectivity index (χ1) is 70.2. The van der Waals surface area contributed by atoms with Crippen LogP contribution in [-0.4, -0.2) is 159 Å². The molecule has 149 heavy (non-hydrogen) atoms. The molecule has 9 amide bonds. The molecule has 0 radical (unpaired) electrons. The zero-order valence-corrected chi connectivity index (χ0v) is 101. The van der Waals surface area contributed by atoms with Gasteiger partial charge in [-0.05, 0) is 165 Å². The molecule has 0 fully saturated rings. The molecule has 27 heteroatoms. The summed E-state index contributed by atoms with van der Waals surface area (Å²) in [5, 5.41) is 39.5. The molecule has 7 rings (SSSR count). The van der Waals surface area contributed by atoms with Crippen molar-refractivity contribution < 1.29 is 43.2 Å². The van der Waals surface area contributed by atoms with Crippen molar-refractivity contribution in [1.29, 1.82) is 15.8 Å². The third-order valence-electron chi connectivity index (χ3n) is 29.7. The Morgan fingerprint density at radius 1 is 0.369 bits per heavy atom. The smallest absolute Gasteiger partial charge is 0.290 e. The number of aromatic nitrogens is 3. The number of anilines is 3. The second-order valence-electron chi connectivity index (χ2n) is 46.9. The van der Waals surface area contributed by atoms with Gasteiger partial charge < -0.3 is 14.7 Å². The van der Waals surface area contributed by atoms with Gasteiger partial charge in [-0.15, -0.1) is 0 Å².